The summed E-state index contributed by atoms with van der Waals surface area (Å²) in [7, 11) is 0. The van der Waals surface area contributed by atoms with E-state index in [1.807, 2.05) is 13.8 Å². The van der Waals surface area contributed by atoms with E-state index in [0.717, 1.165) is 0 Å². The van der Waals surface area contributed by atoms with Crippen LogP contribution in [0.5, 0.6) is 11.5 Å². The first-order valence-electron chi connectivity index (χ1n) is 5.83. The fourth-order valence-electron chi connectivity index (χ4n) is 2.08. The zero-order valence-corrected chi connectivity index (χ0v) is 10.5. The fraction of sp³-hybridized carbons (Fsp3) is 0.462. The van der Waals surface area contributed by atoms with Crippen LogP contribution in [0.2, 0.25) is 0 Å². The average molecular weight is 251 g/mol. The second kappa shape index (κ2) is 4.49. The van der Waals surface area contributed by atoms with Gasteiger partial charge in [0, 0.05) is 12.6 Å². The molecule has 98 valence electrons. The average Bonchev–Trinajstić information content (AvgIpc) is 2.27. The summed E-state index contributed by atoms with van der Waals surface area (Å²) < 4.78 is 5.35. The Morgan fingerprint density at radius 3 is 2.72 bits per heavy atom. The molecular formula is C13H17NO4. The fourth-order valence-corrected chi connectivity index (χ4v) is 2.08. The number of phenolic OH excluding ortho intramolecular Hbond substituents is 2. The third-order valence-electron chi connectivity index (χ3n) is 3.10. The van der Waals surface area contributed by atoms with E-state index in [-0.39, 0.29) is 23.0 Å². The van der Waals surface area contributed by atoms with Crippen LogP contribution in [0.25, 0.3) is 0 Å². The van der Waals surface area contributed by atoms with Crippen LogP contribution in [0.3, 0.4) is 0 Å². The molecule has 0 bridgehead atoms. The lowest BCUT2D eigenvalue weighted by molar-refractivity contribution is -0.0371. The zero-order chi connectivity index (χ0) is 13.3. The molecule has 0 unspecified atom stereocenters. The molecule has 5 heteroatoms. The van der Waals surface area contributed by atoms with Crippen molar-refractivity contribution in [2.75, 3.05) is 19.8 Å². The molecule has 0 saturated carbocycles. The Labute approximate surface area is 106 Å². The highest BCUT2D eigenvalue weighted by molar-refractivity contribution is 5.97. The second-order valence-corrected chi connectivity index (χ2v) is 5.02. The summed E-state index contributed by atoms with van der Waals surface area (Å²) in [6.07, 6.45) is 0. The summed E-state index contributed by atoms with van der Waals surface area (Å²) in [6.45, 7) is 5.29. The van der Waals surface area contributed by atoms with Crippen LogP contribution >= 0.6 is 0 Å². The topological polar surface area (TPSA) is 70.0 Å². The number of benzene rings is 1. The molecule has 1 aromatic rings. The van der Waals surface area contributed by atoms with Crippen LogP contribution in [0.15, 0.2) is 18.2 Å². The lowest BCUT2D eigenvalue weighted by atomic mass is 10.0. The number of carbonyl (C=O) groups excluding carboxylic acids is 1. The molecule has 2 N–H and O–H groups in total. The van der Waals surface area contributed by atoms with Gasteiger partial charge in [0.2, 0.25) is 0 Å². The van der Waals surface area contributed by atoms with E-state index >= 15 is 0 Å². The Kier molecular flexibility index (Phi) is 3.17. The molecular weight excluding hydrogens is 234 g/mol. The van der Waals surface area contributed by atoms with Gasteiger partial charge in [-0.25, -0.2) is 0 Å². The number of rotatable bonds is 1. The summed E-state index contributed by atoms with van der Waals surface area (Å²) >= 11 is 0. The Balaban J connectivity index is 2.30. The molecule has 1 saturated heterocycles. The number of ether oxygens (including phenoxy) is 1. The zero-order valence-electron chi connectivity index (χ0n) is 10.5. The Hall–Kier alpha value is -1.75. The van der Waals surface area contributed by atoms with Crippen LogP contribution < -0.4 is 0 Å². The SMILES string of the molecule is CC1(C)COCCN1C(=O)c1ccc(O)cc1O. The Morgan fingerprint density at radius 1 is 1.39 bits per heavy atom. The van der Waals surface area contributed by atoms with E-state index in [1.165, 1.54) is 18.2 Å². The van der Waals surface area contributed by atoms with Crippen LogP contribution in [0.1, 0.15) is 24.2 Å². The van der Waals surface area contributed by atoms with Crippen molar-refractivity contribution < 1.29 is 19.7 Å². The quantitative estimate of drug-likeness (QED) is 0.790. The maximum absolute atomic E-state index is 12.4. The predicted molar refractivity (Wildman–Crippen MR) is 65.7 cm³/mol. The minimum Gasteiger partial charge on any atom is -0.508 e. The molecule has 0 aliphatic carbocycles. The van der Waals surface area contributed by atoms with Gasteiger partial charge in [-0.05, 0) is 26.0 Å². The van der Waals surface area contributed by atoms with Crippen molar-refractivity contribution in [3.8, 4) is 11.5 Å². The first-order chi connectivity index (χ1) is 8.42. The van der Waals surface area contributed by atoms with Gasteiger partial charge >= 0.3 is 0 Å². The van der Waals surface area contributed by atoms with Crippen molar-refractivity contribution >= 4 is 5.91 Å². The molecule has 1 aliphatic rings. The van der Waals surface area contributed by atoms with Crippen molar-refractivity contribution in [3.05, 3.63) is 23.8 Å². The number of nitrogens with zero attached hydrogens (tertiary/aromatic N) is 1. The van der Waals surface area contributed by atoms with E-state index in [9.17, 15) is 15.0 Å². The van der Waals surface area contributed by atoms with E-state index in [1.54, 1.807) is 4.90 Å². The third kappa shape index (κ3) is 2.26. The molecule has 5 nitrogen and oxygen atoms in total. The minimum absolute atomic E-state index is 0.0645. The largest absolute Gasteiger partial charge is 0.508 e. The normalized spacial score (nSPS) is 18.7. The maximum Gasteiger partial charge on any atom is 0.258 e. The number of aromatic hydroxyl groups is 2. The molecule has 1 aliphatic heterocycles. The number of hydrogen-bond donors (Lipinski definition) is 2. The molecule has 0 radical (unpaired) electrons. The lowest BCUT2D eigenvalue weighted by Gasteiger charge is -2.42. The number of morpholine rings is 1. The lowest BCUT2D eigenvalue weighted by Crippen LogP contribution is -2.55. The van der Waals surface area contributed by atoms with Crippen LogP contribution in [0, 0.1) is 0 Å². The van der Waals surface area contributed by atoms with Crippen molar-refractivity contribution in [1.29, 1.82) is 0 Å². The summed E-state index contributed by atoms with van der Waals surface area (Å²) in [5, 5.41) is 19.0. The van der Waals surface area contributed by atoms with E-state index in [2.05, 4.69) is 0 Å². The molecule has 0 atom stereocenters. The smallest absolute Gasteiger partial charge is 0.258 e. The Bertz CT molecular complexity index is 470. The second-order valence-electron chi connectivity index (χ2n) is 5.02. The van der Waals surface area contributed by atoms with Crippen molar-refractivity contribution in [2.24, 2.45) is 0 Å². The van der Waals surface area contributed by atoms with Gasteiger partial charge in [0.05, 0.1) is 24.3 Å². The first kappa shape index (κ1) is 12.7. The van der Waals surface area contributed by atoms with Gasteiger partial charge in [-0.3, -0.25) is 4.79 Å². The number of amides is 1. The summed E-state index contributed by atoms with van der Waals surface area (Å²) in [5.74, 6) is -0.520. The number of phenols is 2. The van der Waals surface area contributed by atoms with Gasteiger partial charge in [0.1, 0.15) is 11.5 Å². The summed E-state index contributed by atoms with van der Waals surface area (Å²) in [6, 6.07) is 3.99. The molecule has 18 heavy (non-hydrogen) atoms. The van der Waals surface area contributed by atoms with Crippen LogP contribution in [-0.2, 0) is 4.74 Å². The summed E-state index contributed by atoms with van der Waals surface area (Å²) in [5.41, 5.74) is -0.206. The molecule has 1 fully saturated rings. The first-order valence-corrected chi connectivity index (χ1v) is 5.83. The van der Waals surface area contributed by atoms with Gasteiger partial charge < -0.3 is 19.8 Å². The third-order valence-corrected chi connectivity index (χ3v) is 3.10. The molecule has 0 spiro atoms. The number of carbonyl (C=O) groups is 1. The Morgan fingerprint density at radius 2 is 2.11 bits per heavy atom. The minimum atomic E-state index is -0.403. The molecule has 1 aromatic carbocycles. The monoisotopic (exact) mass is 251 g/mol. The van der Waals surface area contributed by atoms with Gasteiger partial charge in [-0.15, -0.1) is 0 Å². The van der Waals surface area contributed by atoms with Crippen LogP contribution in [-0.4, -0.2) is 46.3 Å². The highest BCUT2D eigenvalue weighted by atomic mass is 16.5. The van der Waals surface area contributed by atoms with Crippen molar-refractivity contribution in [2.45, 2.75) is 19.4 Å². The van der Waals surface area contributed by atoms with Gasteiger partial charge in [0.15, 0.2) is 0 Å². The standard InChI is InChI=1S/C13H17NO4/c1-13(2)8-18-6-5-14(13)12(17)10-4-3-9(15)7-11(10)16/h3-4,7,15-16H,5-6,8H2,1-2H3. The molecule has 1 amide bonds. The predicted octanol–water partition coefficient (Wildman–Crippen LogP) is 1.35. The molecule has 2 rings (SSSR count). The molecule has 1 heterocycles. The van der Waals surface area contributed by atoms with Gasteiger partial charge in [-0.2, -0.15) is 0 Å². The van der Waals surface area contributed by atoms with Gasteiger partial charge in [-0.1, -0.05) is 0 Å². The molecule has 0 aromatic heterocycles. The van der Waals surface area contributed by atoms with Crippen molar-refractivity contribution in [1.82, 2.24) is 4.90 Å². The highest BCUT2D eigenvalue weighted by Gasteiger charge is 2.35. The van der Waals surface area contributed by atoms with E-state index < -0.39 is 5.54 Å². The maximum atomic E-state index is 12.4. The van der Waals surface area contributed by atoms with Crippen LogP contribution in [0.4, 0.5) is 0 Å². The highest BCUT2D eigenvalue weighted by Crippen LogP contribution is 2.27. The van der Waals surface area contributed by atoms with E-state index in [0.29, 0.717) is 19.8 Å². The summed E-state index contributed by atoms with van der Waals surface area (Å²) in [4.78, 5) is 14.1. The van der Waals surface area contributed by atoms with Crippen molar-refractivity contribution in [3.63, 3.8) is 0 Å². The van der Waals surface area contributed by atoms with Gasteiger partial charge in [0.25, 0.3) is 5.91 Å². The number of hydrogen-bond acceptors (Lipinski definition) is 4. The van der Waals surface area contributed by atoms with E-state index in [4.69, 9.17) is 4.74 Å².